The molecule has 0 spiro atoms. The minimum absolute atomic E-state index is 0.0961. The highest BCUT2D eigenvalue weighted by Crippen LogP contribution is 2.25. The van der Waals surface area contributed by atoms with Crippen LogP contribution < -0.4 is 10.1 Å². The van der Waals surface area contributed by atoms with Crippen molar-refractivity contribution in [2.24, 2.45) is 5.92 Å². The van der Waals surface area contributed by atoms with Crippen LogP contribution in [-0.4, -0.2) is 26.4 Å². The number of hydrogen-bond donors (Lipinski definition) is 1. The van der Waals surface area contributed by atoms with E-state index in [-0.39, 0.29) is 23.6 Å². The first-order chi connectivity index (χ1) is 15.3. The Balaban J connectivity index is 1.62. The summed E-state index contributed by atoms with van der Waals surface area (Å²) in [5, 5.41) is 12.8. The average Bonchev–Trinajstić information content (AvgIpc) is 3.15. The Bertz CT molecular complexity index is 1030. The second kappa shape index (κ2) is 11.3. The summed E-state index contributed by atoms with van der Waals surface area (Å²) in [6.07, 6.45) is -0.389. The number of hydrogen-bond acceptors (Lipinski definition) is 5. The molecule has 6 nitrogen and oxygen atoms in total. The van der Waals surface area contributed by atoms with Crippen LogP contribution in [0.1, 0.15) is 38.3 Å². The zero-order chi connectivity index (χ0) is 23.1. The molecule has 1 heterocycles. The predicted octanol–water partition coefficient (Wildman–Crippen LogP) is 5.28. The van der Waals surface area contributed by atoms with Crippen LogP contribution >= 0.6 is 23.4 Å². The van der Waals surface area contributed by atoms with E-state index in [0.717, 1.165) is 5.56 Å². The van der Waals surface area contributed by atoms with Gasteiger partial charge in [0.2, 0.25) is 5.91 Å². The first kappa shape index (κ1) is 24.1. The molecule has 1 amide bonds. The van der Waals surface area contributed by atoms with Gasteiger partial charge in [0.05, 0.1) is 5.75 Å². The molecule has 0 saturated heterocycles. The van der Waals surface area contributed by atoms with E-state index in [1.165, 1.54) is 23.9 Å². The van der Waals surface area contributed by atoms with Crippen molar-refractivity contribution in [3.8, 4) is 5.75 Å². The molecule has 0 aliphatic carbocycles. The number of carbonyl (C=O) groups excluding carboxylic acids is 1. The molecule has 0 radical (unpaired) electrons. The third-order valence-corrected chi connectivity index (χ3v) is 5.74. The highest BCUT2D eigenvalue weighted by Gasteiger charge is 2.21. The molecule has 2 aromatic carbocycles. The van der Waals surface area contributed by atoms with Crippen molar-refractivity contribution in [2.75, 3.05) is 5.75 Å². The molecule has 0 fully saturated rings. The lowest BCUT2D eigenvalue weighted by Gasteiger charge is -2.17. The Morgan fingerprint density at radius 1 is 1.12 bits per heavy atom. The summed E-state index contributed by atoms with van der Waals surface area (Å²) in [7, 11) is 0. The fourth-order valence-electron chi connectivity index (χ4n) is 3.00. The number of amides is 1. The molecule has 1 atom stereocenters. The monoisotopic (exact) mass is 476 g/mol. The normalized spacial score (nSPS) is 12.1. The molecule has 0 bridgehead atoms. The van der Waals surface area contributed by atoms with Gasteiger partial charge in [-0.3, -0.25) is 4.79 Å². The van der Waals surface area contributed by atoms with E-state index in [9.17, 15) is 9.18 Å². The smallest absolute Gasteiger partial charge is 0.230 e. The molecule has 0 aliphatic heterocycles. The van der Waals surface area contributed by atoms with Crippen molar-refractivity contribution < 1.29 is 13.9 Å². The van der Waals surface area contributed by atoms with Gasteiger partial charge in [-0.25, -0.2) is 4.39 Å². The van der Waals surface area contributed by atoms with Crippen LogP contribution in [0.25, 0.3) is 0 Å². The van der Waals surface area contributed by atoms with E-state index in [4.69, 9.17) is 16.3 Å². The zero-order valence-electron chi connectivity index (χ0n) is 18.2. The largest absolute Gasteiger partial charge is 0.483 e. The number of aromatic nitrogens is 3. The van der Waals surface area contributed by atoms with Crippen LogP contribution in [0.2, 0.25) is 5.02 Å². The van der Waals surface area contributed by atoms with Crippen molar-refractivity contribution in [1.29, 1.82) is 0 Å². The van der Waals surface area contributed by atoms with Crippen molar-refractivity contribution in [2.45, 2.75) is 45.1 Å². The summed E-state index contributed by atoms with van der Waals surface area (Å²) < 4.78 is 21.1. The quantitative estimate of drug-likeness (QED) is 0.403. The Morgan fingerprint density at radius 3 is 2.47 bits per heavy atom. The van der Waals surface area contributed by atoms with Gasteiger partial charge in [-0.15, -0.1) is 10.2 Å². The van der Waals surface area contributed by atoms with Crippen molar-refractivity contribution in [3.05, 3.63) is 70.8 Å². The van der Waals surface area contributed by atoms with E-state index < -0.39 is 0 Å². The minimum atomic E-state index is -0.389. The fraction of sp³-hybridized carbons (Fsp3) is 0.348. The Labute approximate surface area is 196 Å². The van der Waals surface area contributed by atoms with Gasteiger partial charge in [0.15, 0.2) is 17.1 Å². The number of nitrogens with one attached hydrogen (secondary N) is 1. The van der Waals surface area contributed by atoms with Gasteiger partial charge in [-0.2, -0.15) is 0 Å². The summed E-state index contributed by atoms with van der Waals surface area (Å²) >= 11 is 7.22. The Morgan fingerprint density at radius 2 is 1.81 bits per heavy atom. The number of nitrogens with zero attached hydrogens (tertiary/aromatic N) is 3. The van der Waals surface area contributed by atoms with Gasteiger partial charge in [0.1, 0.15) is 11.6 Å². The lowest BCUT2D eigenvalue weighted by molar-refractivity contribution is -0.118. The number of carbonyl (C=O) groups is 1. The first-order valence-electron chi connectivity index (χ1n) is 10.3. The topological polar surface area (TPSA) is 69.0 Å². The standard InChI is InChI=1S/C23H26ClFN4O2S/c1-15(2)13-29-22(16(3)31-20-10-8-19(25)9-11-20)27-28-23(29)32-14-21(30)26-12-17-4-6-18(24)7-5-17/h4-11,15-16H,12-14H2,1-3H3,(H,26,30). The van der Waals surface area contributed by atoms with Crippen molar-refractivity contribution in [3.63, 3.8) is 0 Å². The summed E-state index contributed by atoms with van der Waals surface area (Å²) in [6, 6.07) is 13.2. The van der Waals surface area contributed by atoms with Crippen LogP contribution in [0.15, 0.2) is 53.7 Å². The summed E-state index contributed by atoms with van der Waals surface area (Å²) in [5.41, 5.74) is 0.977. The molecule has 3 aromatic rings. The number of thioether (sulfide) groups is 1. The van der Waals surface area contributed by atoms with E-state index in [2.05, 4.69) is 29.4 Å². The second-order valence-electron chi connectivity index (χ2n) is 7.75. The van der Waals surface area contributed by atoms with E-state index in [1.54, 1.807) is 24.3 Å². The van der Waals surface area contributed by atoms with Gasteiger partial charge in [-0.1, -0.05) is 49.3 Å². The maximum absolute atomic E-state index is 13.2. The number of rotatable bonds is 10. The minimum Gasteiger partial charge on any atom is -0.483 e. The number of ether oxygens (including phenoxy) is 1. The number of halogens is 2. The van der Waals surface area contributed by atoms with Crippen LogP contribution in [0.5, 0.6) is 5.75 Å². The van der Waals surface area contributed by atoms with Gasteiger partial charge in [-0.05, 0) is 54.8 Å². The average molecular weight is 477 g/mol. The lowest BCUT2D eigenvalue weighted by atomic mass is 10.2. The van der Waals surface area contributed by atoms with Crippen LogP contribution in [-0.2, 0) is 17.9 Å². The Kier molecular flexibility index (Phi) is 8.53. The molecule has 0 saturated carbocycles. The highest BCUT2D eigenvalue weighted by atomic mass is 35.5. The molecular formula is C23H26ClFN4O2S. The zero-order valence-corrected chi connectivity index (χ0v) is 19.8. The van der Waals surface area contributed by atoms with Crippen LogP contribution in [0, 0.1) is 11.7 Å². The third kappa shape index (κ3) is 6.97. The van der Waals surface area contributed by atoms with Crippen molar-refractivity contribution in [1.82, 2.24) is 20.1 Å². The van der Waals surface area contributed by atoms with E-state index in [1.807, 2.05) is 23.6 Å². The van der Waals surface area contributed by atoms with Gasteiger partial charge in [0, 0.05) is 18.1 Å². The second-order valence-corrected chi connectivity index (χ2v) is 9.13. The molecule has 32 heavy (non-hydrogen) atoms. The maximum atomic E-state index is 13.2. The van der Waals surface area contributed by atoms with E-state index in [0.29, 0.717) is 40.8 Å². The van der Waals surface area contributed by atoms with Gasteiger partial charge >= 0.3 is 0 Å². The van der Waals surface area contributed by atoms with E-state index >= 15 is 0 Å². The van der Waals surface area contributed by atoms with Crippen molar-refractivity contribution >= 4 is 29.3 Å². The third-order valence-electron chi connectivity index (χ3n) is 4.52. The number of benzene rings is 2. The molecule has 1 aromatic heterocycles. The summed E-state index contributed by atoms with van der Waals surface area (Å²) in [4.78, 5) is 12.3. The maximum Gasteiger partial charge on any atom is 0.230 e. The molecule has 9 heteroatoms. The molecule has 1 unspecified atom stereocenters. The van der Waals surface area contributed by atoms with Gasteiger partial charge in [0.25, 0.3) is 0 Å². The van der Waals surface area contributed by atoms with Crippen LogP contribution in [0.3, 0.4) is 0 Å². The highest BCUT2D eigenvalue weighted by molar-refractivity contribution is 7.99. The first-order valence-corrected chi connectivity index (χ1v) is 11.7. The molecule has 1 N–H and O–H groups in total. The summed E-state index contributed by atoms with van der Waals surface area (Å²) in [6.45, 7) is 7.19. The van der Waals surface area contributed by atoms with Gasteiger partial charge < -0.3 is 14.6 Å². The lowest BCUT2D eigenvalue weighted by Crippen LogP contribution is -2.24. The SMILES string of the molecule is CC(C)Cn1c(SCC(=O)NCc2ccc(Cl)cc2)nnc1C(C)Oc1ccc(F)cc1. The Hall–Kier alpha value is -2.58. The molecule has 0 aliphatic rings. The molecular weight excluding hydrogens is 451 g/mol. The molecule has 3 rings (SSSR count). The molecule has 170 valence electrons. The summed E-state index contributed by atoms with van der Waals surface area (Å²) in [5.74, 6) is 1.36. The predicted molar refractivity (Wildman–Crippen MR) is 124 cm³/mol. The van der Waals surface area contributed by atoms with Crippen LogP contribution in [0.4, 0.5) is 4.39 Å². The fourth-order valence-corrected chi connectivity index (χ4v) is 3.91.